The third kappa shape index (κ3) is 1.65. The summed E-state index contributed by atoms with van der Waals surface area (Å²) in [5, 5.41) is 9.04. The van der Waals surface area contributed by atoms with Crippen LogP contribution in [0.15, 0.2) is 0 Å². The number of likely N-dealkylation sites (tertiary alicyclic amines) is 1. The molecule has 2 atom stereocenters. The van der Waals surface area contributed by atoms with Gasteiger partial charge in [0.2, 0.25) is 0 Å². The van der Waals surface area contributed by atoms with E-state index < -0.39 is 5.97 Å². The van der Waals surface area contributed by atoms with Crippen LogP contribution in [0.3, 0.4) is 0 Å². The largest absolute Gasteiger partial charge is 0.481 e. The number of fused-ring (bicyclic) bond motifs is 2. The number of rotatable bonds is 2. The highest BCUT2D eigenvalue weighted by molar-refractivity contribution is 5.87. The zero-order valence-corrected chi connectivity index (χ0v) is 9.26. The van der Waals surface area contributed by atoms with Gasteiger partial charge in [0, 0.05) is 31.0 Å². The third-order valence-electron chi connectivity index (χ3n) is 4.27. The van der Waals surface area contributed by atoms with Crippen molar-refractivity contribution in [3.63, 3.8) is 0 Å². The van der Waals surface area contributed by atoms with Crippen molar-refractivity contribution in [1.82, 2.24) is 4.90 Å². The second kappa shape index (κ2) is 3.55. The molecule has 2 saturated carbocycles. The van der Waals surface area contributed by atoms with Crippen LogP contribution in [0.5, 0.6) is 0 Å². The first-order valence-electron chi connectivity index (χ1n) is 6.15. The molecule has 3 aliphatic rings. The summed E-state index contributed by atoms with van der Waals surface area (Å²) in [6.45, 7) is 1.62. The molecule has 2 bridgehead atoms. The van der Waals surface area contributed by atoms with Crippen molar-refractivity contribution in [2.45, 2.75) is 31.7 Å². The molecule has 3 fully saturated rings. The van der Waals surface area contributed by atoms with Crippen LogP contribution in [-0.4, -0.2) is 40.9 Å². The zero-order chi connectivity index (χ0) is 11.3. The Kier molecular flexibility index (Phi) is 2.28. The van der Waals surface area contributed by atoms with Gasteiger partial charge in [-0.15, -0.1) is 0 Å². The van der Waals surface area contributed by atoms with Crippen LogP contribution >= 0.6 is 0 Å². The van der Waals surface area contributed by atoms with Crippen molar-refractivity contribution in [1.29, 1.82) is 0 Å². The molecule has 4 nitrogen and oxygen atoms in total. The van der Waals surface area contributed by atoms with E-state index in [0.29, 0.717) is 24.7 Å². The molecule has 0 aromatic rings. The van der Waals surface area contributed by atoms with Crippen LogP contribution < -0.4 is 0 Å². The fourth-order valence-electron chi connectivity index (χ4n) is 3.26. The lowest BCUT2D eigenvalue weighted by atomic mass is 9.71. The maximum atomic E-state index is 11.9. The van der Waals surface area contributed by atoms with Crippen LogP contribution in [0.25, 0.3) is 0 Å². The fraction of sp³-hybridized carbons (Fsp3) is 0.833. The van der Waals surface area contributed by atoms with Gasteiger partial charge in [0.25, 0.3) is 0 Å². The van der Waals surface area contributed by atoms with E-state index in [1.54, 1.807) is 0 Å². The maximum absolute atomic E-state index is 11.9. The Hall–Kier alpha value is -0.900. The van der Waals surface area contributed by atoms with E-state index in [2.05, 4.69) is 4.90 Å². The molecule has 1 saturated heterocycles. The fourth-order valence-corrected chi connectivity index (χ4v) is 3.26. The standard InChI is InChI=1S/C12H17NO3/c14-11-8-3-7(12(15)16)4-9(11)6-13(5-8)10-1-2-10/h7-10H,1-6H2,(H,15,16). The molecule has 0 amide bonds. The number of hydrogen-bond acceptors (Lipinski definition) is 3. The minimum atomic E-state index is -0.720. The second-order valence-corrected chi connectivity index (χ2v) is 5.49. The van der Waals surface area contributed by atoms with Crippen molar-refractivity contribution in [2.75, 3.05) is 13.1 Å². The Morgan fingerprint density at radius 3 is 2.19 bits per heavy atom. The number of carbonyl (C=O) groups excluding carboxylic acids is 1. The Morgan fingerprint density at radius 1 is 1.19 bits per heavy atom. The van der Waals surface area contributed by atoms with Gasteiger partial charge in [-0.2, -0.15) is 0 Å². The van der Waals surface area contributed by atoms with E-state index in [-0.39, 0.29) is 17.8 Å². The summed E-state index contributed by atoms with van der Waals surface area (Å²) in [7, 11) is 0. The predicted molar refractivity (Wildman–Crippen MR) is 56.9 cm³/mol. The quantitative estimate of drug-likeness (QED) is 0.751. The molecule has 1 aliphatic heterocycles. The monoisotopic (exact) mass is 223 g/mol. The van der Waals surface area contributed by atoms with Gasteiger partial charge in [-0.3, -0.25) is 14.5 Å². The van der Waals surface area contributed by atoms with Crippen LogP contribution in [0.2, 0.25) is 0 Å². The van der Waals surface area contributed by atoms with Crippen molar-refractivity contribution in [3.8, 4) is 0 Å². The van der Waals surface area contributed by atoms with Gasteiger partial charge in [-0.25, -0.2) is 0 Å². The Labute approximate surface area is 94.6 Å². The number of Topliss-reactive ketones (excluding diaryl/α,β-unsaturated/α-hetero) is 1. The Balaban J connectivity index is 1.74. The van der Waals surface area contributed by atoms with E-state index in [1.165, 1.54) is 12.8 Å². The van der Waals surface area contributed by atoms with Gasteiger partial charge in [-0.1, -0.05) is 0 Å². The molecule has 0 spiro atoms. The van der Waals surface area contributed by atoms with Crippen LogP contribution in [0, 0.1) is 17.8 Å². The summed E-state index contributed by atoms with van der Waals surface area (Å²) in [5.74, 6) is -0.686. The average Bonchev–Trinajstić information content (AvgIpc) is 2.99. The molecule has 4 heteroatoms. The molecule has 2 unspecified atom stereocenters. The van der Waals surface area contributed by atoms with Crippen molar-refractivity contribution >= 4 is 11.8 Å². The lowest BCUT2D eigenvalue weighted by Gasteiger charge is -2.42. The molecule has 3 rings (SSSR count). The number of carbonyl (C=O) groups is 2. The molecular formula is C12H17NO3. The molecule has 16 heavy (non-hydrogen) atoms. The van der Waals surface area contributed by atoms with Gasteiger partial charge >= 0.3 is 5.97 Å². The summed E-state index contributed by atoms with van der Waals surface area (Å²) >= 11 is 0. The molecule has 88 valence electrons. The highest BCUT2D eigenvalue weighted by atomic mass is 16.4. The summed E-state index contributed by atoms with van der Waals surface area (Å²) in [6.07, 6.45) is 3.65. The molecule has 1 heterocycles. The Bertz CT molecular complexity index is 319. The summed E-state index contributed by atoms with van der Waals surface area (Å²) < 4.78 is 0. The maximum Gasteiger partial charge on any atom is 0.306 e. The summed E-state index contributed by atoms with van der Waals surface area (Å²) in [4.78, 5) is 25.4. The zero-order valence-electron chi connectivity index (χ0n) is 9.26. The van der Waals surface area contributed by atoms with Crippen molar-refractivity contribution in [3.05, 3.63) is 0 Å². The number of aliphatic carboxylic acids is 1. The van der Waals surface area contributed by atoms with Gasteiger partial charge in [-0.05, 0) is 25.7 Å². The SMILES string of the molecule is O=C(O)C1CC2CN(C3CC3)CC(C1)C2=O. The molecule has 0 aromatic heterocycles. The first-order chi connectivity index (χ1) is 7.65. The van der Waals surface area contributed by atoms with Crippen molar-refractivity contribution in [2.24, 2.45) is 17.8 Å². The summed E-state index contributed by atoms with van der Waals surface area (Å²) in [5.41, 5.74) is 0. The van der Waals surface area contributed by atoms with Gasteiger partial charge in [0.05, 0.1) is 5.92 Å². The lowest BCUT2D eigenvalue weighted by molar-refractivity contribution is -0.149. The van der Waals surface area contributed by atoms with E-state index in [1.807, 2.05) is 0 Å². The van der Waals surface area contributed by atoms with E-state index in [9.17, 15) is 9.59 Å². The normalized spacial score (nSPS) is 39.8. The first-order valence-corrected chi connectivity index (χ1v) is 6.15. The van der Waals surface area contributed by atoms with Crippen LogP contribution in [0.4, 0.5) is 0 Å². The Morgan fingerprint density at radius 2 is 1.75 bits per heavy atom. The van der Waals surface area contributed by atoms with E-state index >= 15 is 0 Å². The van der Waals surface area contributed by atoms with E-state index in [0.717, 1.165) is 13.1 Å². The highest BCUT2D eigenvalue weighted by Gasteiger charge is 2.46. The van der Waals surface area contributed by atoms with Crippen LogP contribution in [0.1, 0.15) is 25.7 Å². The smallest absolute Gasteiger partial charge is 0.306 e. The number of ketones is 1. The molecule has 0 aromatic carbocycles. The van der Waals surface area contributed by atoms with Gasteiger partial charge < -0.3 is 5.11 Å². The van der Waals surface area contributed by atoms with Gasteiger partial charge in [0.15, 0.2) is 0 Å². The first kappa shape index (κ1) is 10.3. The topological polar surface area (TPSA) is 57.6 Å². The lowest BCUT2D eigenvalue weighted by Crippen LogP contribution is -2.52. The average molecular weight is 223 g/mol. The summed E-state index contributed by atoms with van der Waals surface area (Å²) in [6, 6.07) is 0.694. The molecule has 2 aliphatic carbocycles. The number of hydrogen-bond donors (Lipinski definition) is 1. The van der Waals surface area contributed by atoms with Crippen molar-refractivity contribution < 1.29 is 14.7 Å². The third-order valence-corrected chi connectivity index (χ3v) is 4.27. The van der Waals surface area contributed by atoms with Gasteiger partial charge in [0.1, 0.15) is 5.78 Å². The number of piperidine rings is 1. The number of nitrogens with zero attached hydrogens (tertiary/aromatic N) is 1. The molecule has 0 radical (unpaired) electrons. The number of carboxylic acids is 1. The van der Waals surface area contributed by atoms with Crippen LogP contribution in [-0.2, 0) is 9.59 Å². The molecular weight excluding hydrogens is 206 g/mol. The minimum Gasteiger partial charge on any atom is -0.481 e. The second-order valence-electron chi connectivity index (χ2n) is 5.49. The number of carboxylic acid groups (broad SMARTS) is 1. The highest BCUT2D eigenvalue weighted by Crippen LogP contribution is 2.39. The van der Waals surface area contributed by atoms with E-state index in [4.69, 9.17) is 5.11 Å². The minimum absolute atomic E-state index is 0.00537. The molecule has 1 N–H and O–H groups in total. The predicted octanol–water partition coefficient (Wildman–Crippen LogP) is 0.760.